The average molecular weight is 313 g/mol. The number of nitrogens with zero attached hydrogens (tertiary/aromatic N) is 1. The highest BCUT2D eigenvalue weighted by atomic mass is 32.1. The molecular formula is C18H19NO2S. The molecule has 2 heterocycles. The molecule has 114 valence electrons. The molecule has 3 rings (SSSR count). The van der Waals surface area contributed by atoms with E-state index in [1.54, 1.807) is 11.3 Å². The van der Waals surface area contributed by atoms with Crippen LogP contribution in [0.4, 0.5) is 0 Å². The second kappa shape index (κ2) is 6.36. The van der Waals surface area contributed by atoms with Crippen LogP contribution in [0.5, 0.6) is 0 Å². The van der Waals surface area contributed by atoms with Gasteiger partial charge in [-0.15, -0.1) is 11.3 Å². The first-order chi connectivity index (χ1) is 10.7. The first-order valence-corrected chi connectivity index (χ1v) is 8.45. The summed E-state index contributed by atoms with van der Waals surface area (Å²) in [5.41, 5.74) is 4.52. The number of rotatable bonds is 6. The summed E-state index contributed by atoms with van der Waals surface area (Å²) in [5, 5.41) is 10.9. The zero-order chi connectivity index (χ0) is 15.5. The van der Waals surface area contributed by atoms with Crippen LogP contribution in [0.25, 0.3) is 16.0 Å². The zero-order valence-corrected chi connectivity index (χ0v) is 13.4. The molecule has 0 saturated heterocycles. The molecule has 0 fully saturated rings. The average Bonchev–Trinajstić information content (AvgIpc) is 3.07. The molecule has 0 spiro atoms. The zero-order valence-electron chi connectivity index (χ0n) is 12.6. The first-order valence-electron chi connectivity index (χ1n) is 7.57. The highest BCUT2D eigenvalue weighted by Gasteiger charge is 2.10. The lowest BCUT2D eigenvalue weighted by molar-refractivity contribution is -0.136. The van der Waals surface area contributed by atoms with Crippen LogP contribution < -0.4 is 0 Å². The lowest BCUT2D eigenvalue weighted by Gasteiger charge is -2.02. The van der Waals surface area contributed by atoms with Crippen LogP contribution in [-0.2, 0) is 17.6 Å². The van der Waals surface area contributed by atoms with Gasteiger partial charge in [-0.25, -0.2) is 0 Å². The predicted molar refractivity (Wildman–Crippen MR) is 90.7 cm³/mol. The van der Waals surface area contributed by atoms with Crippen molar-refractivity contribution >= 4 is 22.1 Å². The fraction of sp³-hybridized carbons (Fsp3) is 0.278. The number of benzene rings is 1. The van der Waals surface area contributed by atoms with Crippen molar-refractivity contribution in [1.29, 1.82) is 0 Å². The van der Waals surface area contributed by atoms with Crippen LogP contribution in [0.1, 0.15) is 31.0 Å². The number of hydrogen-bond acceptors (Lipinski definition) is 2. The summed E-state index contributed by atoms with van der Waals surface area (Å²) in [6.07, 6.45) is 5.66. The van der Waals surface area contributed by atoms with Crippen molar-refractivity contribution < 1.29 is 9.90 Å². The van der Waals surface area contributed by atoms with E-state index in [0.29, 0.717) is 0 Å². The largest absolute Gasteiger partial charge is 0.481 e. The van der Waals surface area contributed by atoms with Gasteiger partial charge in [0.2, 0.25) is 0 Å². The number of thiazole rings is 1. The lowest BCUT2D eigenvalue weighted by Crippen LogP contribution is -2.01. The quantitative estimate of drug-likeness (QED) is 0.720. The summed E-state index contributed by atoms with van der Waals surface area (Å²) >= 11 is 1.59. The molecule has 2 aromatic heterocycles. The number of carbonyl (C=O) groups is 1. The van der Waals surface area contributed by atoms with Gasteiger partial charge in [0.25, 0.3) is 0 Å². The van der Waals surface area contributed by atoms with Gasteiger partial charge >= 0.3 is 5.97 Å². The van der Waals surface area contributed by atoms with E-state index in [4.69, 9.17) is 5.11 Å². The van der Waals surface area contributed by atoms with Crippen molar-refractivity contribution in [3.63, 3.8) is 0 Å². The van der Waals surface area contributed by atoms with E-state index in [2.05, 4.69) is 37.3 Å². The lowest BCUT2D eigenvalue weighted by atomic mass is 10.0. The van der Waals surface area contributed by atoms with Gasteiger partial charge in [-0.2, -0.15) is 0 Å². The molecule has 0 aliphatic rings. The third kappa shape index (κ3) is 3.07. The molecule has 0 unspecified atom stereocenters. The number of aromatic nitrogens is 1. The van der Waals surface area contributed by atoms with Gasteiger partial charge in [0.15, 0.2) is 0 Å². The first kappa shape index (κ1) is 14.9. The second-order valence-corrected chi connectivity index (χ2v) is 6.42. The number of aliphatic carboxylic acids is 1. The molecule has 3 aromatic rings. The van der Waals surface area contributed by atoms with Gasteiger partial charge in [-0.3, -0.25) is 4.79 Å². The van der Waals surface area contributed by atoms with Crippen LogP contribution in [0, 0.1) is 0 Å². The summed E-state index contributed by atoms with van der Waals surface area (Å²) in [6, 6.07) is 10.8. The summed E-state index contributed by atoms with van der Waals surface area (Å²) in [5.74, 6) is -0.796. The number of carboxylic acids is 1. The summed E-state index contributed by atoms with van der Waals surface area (Å²) in [6.45, 7) is 2.21. The van der Waals surface area contributed by atoms with Crippen LogP contribution >= 0.6 is 11.3 Å². The molecule has 0 aliphatic heterocycles. The van der Waals surface area contributed by atoms with E-state index < -0.39 is 5.97 Å². The molecule has 0 amide bonds. The molecule has 22 heavy (non-hydrogen) atoms. The highest BCUT2D eigenvalue weighted by molar-refractivity contribution is 7.15. The minimum absolute atomic E-state index is 0.0596. The second-order valence-electron chi connectivity index (χ2n) is 5.54. The molecular weight excluding hydrogens is 294 g/mol. The van der Waals surface area contributed by atoms with E-state index in [1.807, 2.05) is 16.0 Å². The maximum Gasteiger partial charge on any atom is 0.309 e. The van der Waals surface area contributed by atoms with Crippen molar-refractivity contribution in [1.82, 2.24) is 4.40 Å². The summed E-state index contributed by atoms with van der Waals surface area (Å²) in [7, 11) is 0. The molecule has 0 bridgehead atoms. The Hall–Kier alpha value is -2.07. The standard InChI is InChI=1S/C18H19NO2S/c1-2-3-4-13-5-7-14(8-6-13)15-9-17-19(11-15)16(12-22-17)10-18(20)21/h5-9,11-12H,2-4,10H2,1H3,(H,20,21). The van der Waals surface area contributed by atoms with Gasteiger partial charge in [-0.1, -0.05) is 37.6 Å². The Labute approximate surface area is 133 Å². The fourth-order valence-electron chi connectivity index (χ4n) is 2.63. The van der Waals surface area contributed by atoms with Crippen LogP contribution in [0.2, 0.25) is 0 Å². The van der Waals surface area contributed by atoms with Crippen molar-refractivity contribution in [3.8, 4) is 11.1 Å². The number of aryl methyl sites for hydroxylation is 1. The molecule has 1 aromatic carbocycles. The van der Waals surface area contributed by atoms with Crippen molar-refractivity contribution in [2.45, 2.75) is 32.6 Å². The molecule has 0 aliphatic carbocycles. The Balaban J connectivity index is 1.86. The Morgan fingerprint density at radius 2 is 2.00 bits per heavy atom. The van der Waals surface area contributed by atoms with E-state index in [0.717, 1.165) is 22.5 Å². The Morgan fingerprint density at radius 3 is 2.68 bits per heavy atom. The third-order valence-corrected chi connectivity index (χ3v) is 4.79. The van der Waals surface area contributed by atoms with Gasteiger partial charge in [-0.05, 0) is 30.0 Å². The number of fused-ring (bicyclic) bond motifs is 1. The molecule has 0 saturated carbocycles. The van der Waals surface area contributed by atoms with E-state index >= 15 is 0 Å². The maximum atomic E-state index is 10.9. The normalized spacial score (nSPS) is 11.1. The minimum Gasteiger partial charge on any atom is -0.481 e. The number of unbranched alkanes of at least 4 members (excludes halogenated alkanes) is 1. The monoisotopic (exact) mass is 313 g/mol. The minimum atomic E-state index is -0.796. The van der Waals surface area contributed by atoms with Gasteiger partial charge in [0, 0.05) is 22.8 Å². The van der Waals surface area contributed by atoms with Crippen molar-refractivity contribution in [3.05, 3.63) is 53.2 Å². The number of hydrogen-bond donors (Lipinski definition) is 1. The maximum absolute atomic E-state index is 10.9. The molecule has 0 radical (unpaired) electrons. The Morgan fingerprint density at radius 1 is 1.23 bits per heavy atom. The van der Waals surface area contributed by atoms with Crippen LogP contribution in [-0.4, -0.2) is 15.5 Å². The smallest absolute Gasteiger partial charge is 0.309 e. The van der Waals surface area contributed by atoms with E-state index in [1.165, 1.54) is 24.0 Å². The number of carboxylic acid groups (broad SMARTS) is 1. The molecule has 4 heteroatoms. The third-order valence-electron chi connectivity index (χ3n) is 3.85. The van der Waals surface area contributed by atoms with Crippen molar-refractivity contribution in [2.75, 3.05) is 0 Å². The van der Waals surface area contributed by atoms with Gasteiger partial charge in [0.1, 0.15) is 0 Å². The fourth-order valence-corrected chi connectivity index (χ4v) is 3.56. The van der Waals surface area contributed by atoms with Crippen LogP contribution in [0.3, 0.4) is 0 Å². The van der Waals surface area contributed by atoms with Crippen LogP contribution in [0.15, 0.2) is 41.9 Å². The summed E-state index contributed by atoms with van der Waals surface area (Å²) in [4.78, 5) is 12.0. The topological polar surface area (TPSA) is 41.7 Å². The van der Waals surface area contributed by atoms with E-state index in [9.17, 15) is 4.79 Å². The Kier molecular flexibility index (Phi) is 4.29. The molecule has 0 atom stereocenters. The van der Waals surface area contributed by atoms with E-state index in [-0.39, 0.29) is 6.42 Å². The SMILES string of the molecule is CCCCc1ccc(-c2cc3scc(CC(=O)O)n3c2)cc1. The van der Waals surface area contributed by atoms with Gasteiger partial charge in [0.05, 0.1) is 11.3 Å². The predicted octanol–water partition coefficient (Wildman–Crippen LogP) is 4.64. The highest BCUT2D eigenvalue weighted by Crippen LogP contribution is 2.27. The Bertz CT molecular complexity index is 783. The van der Waals surface area contributed by atoms with Gasteiger partial charge < -0.3 is 9.51 Å². The summed E-state index contributed by atoms with van der Waals surface area (Å²) < 4.78 is 1.99. The molecule has 1 N–H and O–H groups in total. The van der Waals surface area contributed by atoms with Crippen molar-refractivity contribution in [2.24, 2.45) is 0 Å². The molecule has 3 nitrogen and oxygen atoms in total.